The van der Waals surface area contributed by atoms with E-state index in [0.29, 0.717) is 23.7 Å². The average molecular weight is 316 g/mol. The van der Waals surface area contributed by atoms with Crippen LogP contribution in [0.4, 0.5) is 5.82 Å². The predicted octanol–water partition coefficient (Wildman–Crippen LogP) is 1.62. The van der Waals surface area contributed by atoms with Gasteiger partial charge < -0.3 is 10.1 Å². The molecule has 0 aromatic carbocycles. The molecule has 0 amide bonds. The molecule has 2 aromatic rings. The number of nitrogens with one attached hydrogen (secondary N) is 2. The minimum Gasteiger partial charge on any atom is -0.481 e. The number of aromatic nitrogens is 3. The zero-order valence-corrected chi connectivity index (χ0v) is 13.4. The molecule has 0 fully saturated rings. The Bertz CT molecular complexity index is 821. The van der Waals surface area contributed by atoms with Gasteiger partial charge in [0.15, 0.2) is 0 Å². The van der Waals surface area contributed by atoms with Gasteiger partial charge in [0.1, 0.15) is 5.82 Å². The van der Waals surface area contributed by atoms with Crippen molar-refractivity contribution in [2.75, 3.05) is 12.4 Å². The monoisotopic (exact) mass is 316 g/mol. The second kappa shape index (κ2) is 5.91. The van der Waals surface area contributed by atoms with Crippen LogP contribution in [0, 0.1) is 0 Å². The first-order valence-electron chi connectivity index (χ1n) is 7.65. The molecule has 2 aromatic heterocycles. The Morgan fingerprint density at radius 2 is 2.13 bits per heavy atom. The van der Waals surface area contributed by atoms with Crippen LogP contribution in [-0.4, -0.2) is 21.6 Å². The smallest absolute Gasteiger partial charge is 0.330 e. The molecular weight excluding hydrogens is 296 g/mol. The highest BCUT2D eigenvalue weighted by molar-refractivity contribution is 5.47. The van der Waals surface area contributed by atoms with Gasteiger partial charge in [-0.1, -0.05) is 6.07 Å². The molecule has 0 radical (unpaired) electrons. The first kappa shape index (κ1) is 15.3. The number of rotatable bonds is 3. The zero-order valence-electron chi connectivity index (χ0n) is 13.4. The van der Waals surface area contributed by atoms with E-state index in [1.165, 1.54) is 4.57 Å². The van der Waals surface area contributed by atoms with Crippen molar-refractivity contribution < 1.29 is 4.74 Å². The average Bonchev–Trinajstić information content (AvgIpc) is 2.54. The fourth-order valence-electron chi connectivity index (χ4n) is 2.91. The Morgan fingerprint density at radius 3 is 2.74 bits per heavy atom. The first-order chi connectivity index (χ1) is 11.0. The van der Waals surface area contributed by atoms with Crippen molar-refractivity contribution in [1.29, 1.82) is 0 Å². The van der Waals surface area contributed by atoms with Crippen molar-refractivity contribution in [2.45, 2.75) is 38.8 Å². The van der Waals surface area contributed by atoms with Crippen LogP contribution in [-0.2, 0) is 6.42 Å². The lowest BCUT2D eigenvalue weighted by molar-refractivity contribution is 0.397. The lowest BCUT2D eigenvalue weighted by atomic mass is 9.97. The summed E-state index contributed by atoms with van der Waals surface area (Å²) in [7, 11) is 1.57. The predicted molar refractivity (Wildman–Crippen MR) is 87.2 cm³/mol. The van der Waals surface area contributed by atoms with Crippen molar-refractivity contribution in [3.8, 4) is 5.88 Å². The van der Waals surface area contributed by atoms with Crippen LogP contribution in [0.15, 0.2) is 27.9 Å². The third kappa shape index (κ3) is 2.74. The topological polar surface area (TPSA) is 89.0 Å². The van der Waals surface area contributed by atoms with Gasteiger partial charge in [0.05, 0.1) is 18.7 Å². The fourth-order valence-corrected chi connectivity index (χ4v) is 2.91. The molecule has 3 heterocycles. The maximum atomic E-state index is 12.5. The molecule has 0 aliphatic carbocycles. The molecule has 0 saturated heterocycles. The zero-order chi connectivity index (χ0) is 16.6. The number of H-pyrrole nitrogens is 1. The number of anilines is 1. The number of ether oxygens (including phenoxy) is 1. The molecule has 1 aliphatic heterocycles. The largest absolute Gasteiger partial charge is 0.481 e. The van der Waals surface area contributed by atoms with E-state index in [4.69, 9.17) is 4.74 Å². The van der Waals surface area contributed by atoms with Gasteiger partial charge >= 0.3 is 5.69 Å². The van der Waals surface area contributed by atoms with Crippen molar-refractivity contribution >= 4 is 5.82 Å². The maximum absolute atomic E-state index is 12.5. The lowest BCUT2D eigenvalue weighted by Crippen LogP contribution is -2.41. The van der Waals surface area contributed by atoms with Crippen LogP contribution in [0.5, 0.6) is 5.88 Å². The van der Waals surface area contributed by atoms with Crippen LogP contribution in [0.25, 0.3) is 0 Å². The van der Waals surface area contributed by atoms with Crippen molar-refractivity contribution in [2.24, 2.45) is 0 Å². The Kier molecular flexibility index (Phi) is 3.94. The van der Waals surface area contributed by atoms with Crippen LogP contribution in [0.1, 0.15) is 43.5 Å². The molecule has 3 rings (SSSR count). The van der Waals surface area contributed by atoms with Crippen molar-refractivity contribution in [3.05, 3.63) is 50.3 Å². The van der Waals surface area contributed by atoms with Crippen LogP contribution < -0.4 is 21.3 Å². The lowest BCUT2D eigenvalue weighted by Gasteiger charge is -2.27. The summed E-state index contributed by atoms with van der Waals surface area (Å²) in [6, 6.07) is 3.57. The van der Waals surface area contributed by atoms with Gasteiger partial charge in [0.2, 0.25) is 5.88 Å². The summed E-state index contributed by atoms with van der Waals surface area (Å²) in [5.41, 5.74) is 1.03. The summed E-state index contributed by atoms with van der Waals surface area (Å²) in [5.74, 6) is 1.07. The molecule has 23 heavy (non-hydrogen) atoms. The fraction of sp³-hybridized carbons (Fsp3) is 0.438. The molecule has 1 atom stereocenters. The Balaban J connectivity index is 1.95. The molecule has 0 saturated carbocycles. The molecule has 1 aliphatic rings. The highest BCUT2D eigenvalue weighted by Gasteiger charge is 2.24. The third-order valence-corrected chi connectivity index (χ3v) is 4.12. The summed E-state index contributed by atoms with van der Waals surface area (Å²) in [6.45, 7) is 3.65. The maximum Gasteiger partial charge on any atom is 0.330 e. The van der Waals surface area contributed by atoms with Gasteiger partial charge in [0, 0.05) is 18.3 Å². The summed E-state index contributed by atoms with van der Waals surface area (Å²) in [6.07, 6.45) is 3.12. The second-order valence-corrected chi connectivity index (χ2v) is 5.92. The molecule has 0 bridgehead atoms. The second-order valence-electron chi connectivity index (χ2n) is 5.92. The highest BCUT2D eigenvalue weighted by atomic mass is 16.5. The van der Waals surface area contributed by atoms with Gasteiger partial charge in [-0.05, 0) is 32.3 Å². The van der Waals surface area contributed by atoms with E-state index in [0.717, 1.165) is 12.0 Å². The number of hydrogen-bond donors (Lipinski definition) is 2. The molecule has 7 heteroatoms. The van der Waals surface area contributed by atoms with Gasteiger partial charge in [-0.25, -0.2) is 9.78 Å². The summed E-state index contributed by atoms with van der Waals surface area (Å²) in [4.78, 5) is 31.6. The van der Waals surface area contributed by atoms with E-state index in [9.17, 15) is 9.59 Å². The summed E-state index contributed by atoms with van der Waals surface area (Å²) < 4.78 is 6.32. The minimum atomic E-state index is -0.384. The SMILES string of the molecule is COc1ccc([C@H]2CCc3c([nH]c(=O)n(C(C)C)c3=O)N2)cn1. The van der Waals surface area contributed by atoms with Gasteiger partial charge in [-0.2, -0.15) is 0 Å². The Morgan fingerprint density at radius 1 is 1.35 bits per heavy atom. The first-order valence-corrected chi connectivity index (χ1v) is 7.65. The Labute approximate surface area is 133 Å². The molecule has 7 nitrogen and oxygen atoms in total. The number of aromatic amines is 1. The quantitative estimate of drug-likeness (QED) is 0.898. The summed E-state index contributed by atoms with van der Waals surface area (Å²) >= 11 is 0. The molecule has 0 spiro atoms. The van der Waals surface area contributed by atoms with Crippen LogP contribution in [0.2, 0.25) is 0 Å². The van der Waals surface area contributed by atoms with E-state index in [2.05, 4.69) is 15.3 Å². The molecule has 122 valence electrons. The van der Waals surface area contributed by atoms with E-state index < -0.39 is 0 Å². The number of methoxy groups -OCH3 is 1. The van der Waals surface area contributed by atoms with Gasteiger partial charge in [-0.3, -0.25) is 14.3 Å². The van der Waals surface area contributed by atoms with Gasteiger partial charge in [-0.15, -0.1) is 0 Å². The summed E-state index contributed by atoms with van der Waals surface area (Å²) in [5, 5.41) is 3.25. The van der Waals surface area contributed by atoms with Crippen molar-refractivity contribution in [3.63, 3.8) is 0 Å². The molecule has 2 N–H and O–H groups in total. The van der Waals surface area contributed by atoms with Gasteiger partial charge in [0.25, 0.3) is 5.56 Å². The van der Waals surface area contributed by atoms with E-state index in [1.807, 2.05) is 19.9 Å². The Hall–Kier alpha value is -2.57. The normalized spacial score (nSPS) is 16.8. The number of pyridine rings is 1. The van der Waals surface area contributed by atoms with E-state index in [1.54, 1.807) is 19.4 Å². The standard InChI is InChI=1S/C16H20N4O3/c1-9(2)20-15(21)11-5-6-12(18-14(11)19-16(20)22)10-4-7-13(23-3)17-8-10/h4,7-9,12,18H,5-6H2,1-3H3,(H,19,22)/t12-/m1/s1. The molecular formula is C16H20N4O3. The van der Waals surface area contributed by atoms with Crippen LogP contribution >= 0.6 is 0 Å². The number of nitrogens with zero attached hydrogens (tertiary/aromatic N) is 2. The van der Waals surface area contributed by atoms with E-state index >= 15 is 0 Å². The molecule has 0 unspecified atom stereocenters. The van der Waals surface area contributed by atoms with Crippen LogP contribution in [0.3, 0.4) is 0 Å². The van der Waals surface area contributed by atoms with E-state index in [-0.39, 0.29) is 23.3 Å². The number of fused-ring (bicyclic) bond motifs is 1. The third-order valence-electron chi connectivity index (χ3n) is 4.12. The highest BCUT2D eigenvalue weighted by Crippen LogP contribution is 2.29. The minimum absolute atomic E-state index is 0.00542. The number of hydrogen-bond acceptors (Lipinski definition) is 5. The van der Waals surface area contributed by atoms with Crippen molar-refractivity contribution in [1.82, 2.24) is 14.5 Å².